The summed E-state index contributed by atoms with van der Waals surface area (Å²) in [5, 5.41) is 10.6. The van der Waals surface area contributed by atoms with Gasteiger partial charge in [0.25, 0.3) is 0 Å². The number of nitrogens with two attached hydrogens (primary N) is 1. The smallest absolute Gasteiger partial charge is 0.220 e. The lowest BCUT2D eigenvalue weighted by molar-refractivity contribution is -0.121. The van der Waals surface area contributed by atoms with E-state index in [1.807, 2.05) is 11.5 Å². The Bertz CT molecular complexity index is 350. The van der Waals surface area contributed by atoms with Gasteiger partial charge < -0.3 is 15.6 Å². The molecule has 0 saturated carbocycles. The molecule has 0 bridgehead atoms. The maximum absolute atomic E-state index is 11.6. The van der Waals surface area contributed by atoms with Crippen LogP contribution in [0.25, 0.3) is 0 Å². The van der Waals surface area contributed by atoms with E-state index in [-0.39, 0.29) is 5.91 Å². The Morgan fingerprint density at radius 2 is 2.17 bits per heavy atom. The van der Waals surface area contributed by atoms with Crippen molar-refractivity contribution in [2.75, 3.05) is 6.54 Å². The number of aromatic nitrogens is 3. The molecule has 102 valence electrons. The third-order valence-corrected chi connectivity index (χ3v) is 2.84. The summed E-state index contributed by atoms with van der Waals surface area (Å²) >= 11 is 0. The number of hydrogen-bond acceptors (Lipinski definition) is 4. The van der Waals surface area contributed by atoms with Gasteiger partial charge in [0.05, 0.1) is 6.54 Å². The van der Waals surface area contributed by atoms with Gasteiger partial charge in [0.15, 0.2) is 5.82 Å². The molecule has 1 aromatic heterocycles. The molecule has 6 nitrogen and oxygen atoms in total. The lowest BCUT2D eigenvalue weighted by Gasteiger charge is -2.05. The van der Waals surface area contributed by atoms with Gasteiger partial charge in [-0.2, -0.15) is 0 Å². The summed E-state index contributed by atoms with van der Waals surface area (Å²) in [6.07, 6.45) is 6.39. The highest BCUT2D eigenvalue weighted by molar-refractivity contribution is 5.75. The number of unbranched alkanes of at least 4 members (excludes halogenated alkanes) is 3. The van der Waals surface area contributed by atoms with E-state index in [9.17, 15) is 4.79 Å². The summed E-state index contributed by atoms with van der Waals surface area (Å²) in [6, 6.07) is 0. The van der Waals surface area contributed by atoms with Crippen molar-refractivity contribution in [1.29, 1.82) is 0 Å². The Morgan fingerprint density at radius 3 is 2.89 bits per heavy atom. The molecule has 1 rings (SSSR count). The number of aryl methyl sites for hydroxylation is 1. The molecule has 0 aromatic carbocycles. The summed E-state index contributed by atoms with van der Waals surface area (Å²) in [5.41, 5.74) is 5.41. The maximum Gasteiger partial charge on any atom is 0.220 e. The number of nitrogens with zero attached hydrogens (tertiary/aromatic N) is 3. The number of carbonyl (C=O) groups excluding carboxylic acids is 1. The van der Waals surface area contributed by atoms with Gasteiger partial charge in [0.1, 0.15) is 6.33 Å². The first-order chi connectivity index (χ1) is 8.77. The minimum absolute atomic E-state index is 0.0772. The highest BCUT2D eigenvalue weighted by Crippen LogP contribution is 2.02. The van der Waals surface area contributed by atoms with Crippen molar-refractivity contribution >= 4 is 5.91 Å². The van der Waals surface area contributed by atoms with E-state index in [0.717, 1.165) is 44.6 Å². The van der Waals surface area contributed by atoms with Gasteiger partial charge in [-0.25, -0.2) is 0 Å². The van der Waals surface area contributed by atoms with E-state index >= 15 is 0 Å². The Balaban J connectivity index is 2.13. The molecule has 0 aliphatic heterocycles. The molecule has 0 atom stereocenters. The molecule has 1 amide bonds. The zero-order valence-corrected chi connectivity index (χ0v) is 11.1. The topological polar surface area (TPSA) is 85.8 Å². The van der Waals surface area contributed by atoms with Crippen LogP contribution in [0.1, 0.15) is 44.9 Å². The van der Waals surface area contributed by atoms with Crippen molar-refractivity contribution in [2.24, 2.45) is 5.73 Å². The van der Waals surface area contributed by atoms with Gasteiger partial charge in [0.2, 0.25) is 5.91 Å². The average Bonchev–Trinajstić information content (AvgIpc) is 2.83. The average molecular weight is 253 g/mol. The quantitative estimate of drug-likeness (QED) is 0.638. The maximum atomic E-state index is 11.6. The summed E-state index contributed by atoms with van der Waals surface area (Å²) < 4.78 is 1.92. The molecule has 0 unspecified atom stereocenters. The van der Waals surface area contributed by atoms with Gasteiger partial charge in [-0.15, -0.1) is 10.2 Å². The number of nitrogens with one attached hydrogen (secondary N) is 1. The minimum atomic E-state index is 0.0772. The van der Waals surface area contributed by atoms with Crippen LogP contribution in [0.5, 0.6) is 0 Å². The first-order valence-corrected chi connectivity index (χ1v) is 6.61. The van der Waals surface area contributed by atoms with E-state index < -0.39 is 0 Å². The van der Waals surface area contributed by atoms with Crippen LogP contribution in [0.4, 0.5) is 0 Å². The third-order valence-electron chi connectivity index (χ3n) is 2.84. The molecular formula is C12H23N5O. The Kier molecular flexibility index (Phi) is 7.01. The van der Waals surface area contributed by atoms with E-state index in [4.69, 9.17) is 5.73 Å². The van der Waals surface area contributed by atoms with Crippen LogP contribution < -0.4 is 11.1 Å². The molecule has 0 aliphatic carbocycles. The Labute approximate surface area is 108 Å². The summed E-state index contributed by atoms with van der Waals surface area (Å²) in [6.45, 7) is 4.03. The normalized spacial score (nSPS) is 10.6. The number of rotatable bonds is 9. The molecule has 0 aliphatic rings. The second-order valence-electron chi connectivity index (χ2n) is 4.26. The minimum Gasteiger partial charge on any atom is -0.349 e. The number of amides is 1. The van der Waals surface area contributed by atoms with Crippen molar-refractivity contribution in [3.05, 3.63) is 12.2 Å². The Hall–Kier alpha value is -1.43. The van der Waals surface area contributed by atoms with Crippen molar-refractivity contribution in [2.45, 2.75) is 52.1 Å². The van der Waals surface area contributed by atoms with E-state index in [2.05, 4.69) is 15.5 Å². The molecule has 6 heteroatoms. The molecule has 0 spiro atoms. The lowest BCUT2D eigenvalue weighted by atomic mass is 10.1. The first kappa shape index (κ1) is 14.6. The predicted molar refractivity (Wildman–Crippen MR) is 69.7 cm³/mol. The fraction of sp³-hybridized carbons (Fsp3) is 0.750. The molecule has 1 heterocycles. The molecule has 0 saturated heterocycles. The molecule has 3 N–H and O–H groups in total. The van der Waals surface area contributed by atoms with Crippen molar-refractivity contribution in [3.63, 3.8) is 0 Å². The molecule has 1 aromatic rings. The van der Waals surface area contributed by atoms with Crippen molar-refractivity contribution < 1.29 is 4.79 Å². The van der Waals surface area contributed by atoms with E-state index in [0.29, 0.717) is 13.0 Å². The monoisotopic (exact) mass is 253 g/mol. The first-order valence-electron chi connectivity index (χ1n) is 6.61. The zero-order chi connectivity index (χ0) is 13.2. The fourth-order valence-corrected chi connectivity index (χ4v) is 1.73. The molecule has 0 fully saturated rings. The second kappa shape index (κ2) is 8.63. The molecule has 18 heavy (non-hydrogen) atoms. The van der Waals surface area contributed by atoms with Crippen molar-refractivity contribution in [3.8, 4) is 0 Å². The van der Waals surface area contributed by atoms with Gasteiger partial charge in [0, 0.05) is 13.0 Å². The van der Waals surface area contributed by atoms with E-state index in [1.54, 1.807) is 6.33 Å². The van der Waals surface area contributed by atoms with E-state index in [1.165, 1.54) is 0 Å². The number of hydrogen-bond donors (Lipinski definition) is 2. The van der Waals surface area contributed by atoms with Gasteiger partial charge in [-0.3, -0.25) is 4.79 Å². The van der Waals surface area contributed by atoms with Gasteiger partial charge in [-0.1, -0.05) is 12.8 Å². The highest BCUT2D eigenvalue weighted by Gasteiger charge is 2.05. The summed E-state index contributed by atoms with van der Waals surface area (Å²) in [7, 11) is 0. The third kappa shape index (κ3) is 5.27. The van der Waals surface area contributed by atoms with Crippen LogP contribution in [0.2, 0.25) is 0 Å². The van der Waals surface area contributed by atoms with Crippen molar-refractivity contribution in [1.82, 2.24) is 20.1 Å². The molecule has 0 radical (unpaired) electrons. The summed E-state index contributed by atoms with van der Waals surface area (Å²) in [4.78, 5) is 11.6. The van der Waals surface area contributed by atoms with Crippen LogP contribution in [0.15, 0.2) is 6.33 Å². The van der Waals surface area contributed by atoms with Crippen LogP contribution in [0.3, 0.4) is 0 Å². The van der Waals surface area contributed by atoms with Crippen LogP contribution in [0, 0.1) is 0 Å². The molecular weight excluding hydrogens is 230 g/mol. The predicted octanol–water partition coefficient (Wildman–Crippen LogP) is 0.823. The summed E-state index contributed by atoms with van der Waals surface area (Å²) in [5.74, 6) is 0.877. The largest absolute Gasteiger partial charge is 0.349 e. The van der Waals surface area contributed by atoms with Crippen LogP contribution in [-0.4, -0.2) is 27.2 Å². The van der Waals surface area contributed by atoms with Gasteiger partial charge >= 0.3 is 0 Å². The van der Waals surface area contributed by atoms with Crippen LogP contribution >= 0.6 is 0 Å². The second-order valence-corrected chi connectivity index (χ2v) is 4.26. The standard InChI is InChI=1S/C12H23N5O/c1-2-17-10-15-16-11(17)9-14-12(18)7-5-3-4-6-8-13/h10H,2-9,13H2,1H3,(H,14,18). The zero-order valence-electron chi connectivity index (χ0n) is 11.1. The fourth-order valence-electron chi connectivity index (χ4n) is 1.73. The lowest BCUT2D eigenvalue weighted by Crippen LogP contribution is -2.24. The van der Waals surface area contributed by atoms with Gasteiger partial charge in [-0.05, 0) is 26.3 Å². The highest BCUT2D eigenvalue weighted by atomic mass is 16.1. The van der Waals surface area contributed by atoms with Crippen LogP contribution in [-0.2, 0) is 17.9 Å². The Morgan fingerprint density at radius 1 is 1.39 bits per heavy atom. The SMILES string of the molecule is CCn1cnnc1CNC(=O)CCCCCCN. The number of carbonyl (C=O) groups is 1.